The van der Waals surface area contributed by atoms with Crippen LogP contribution in [0.2, 0.25) is 10.0 Å². The van der Waals surface area contributed by atoms with Gasteiger partial charge in [-0.05, 0) is 51.1 Å². The van der Waals surface area contributed by atoms with Crippen molar-refractivity contribution in [2.75, 3.05) is 26.2 Å². The summed E-state index contributed by atoms with van der Waals surface area (Å²) in [7, 11) is 0. The SMILES string of the molecule is Cc1nc(OCCN2CCCC2)nn1-c1ccc(Cl)c(Cl)c1. The van der Waals surface area contributed by atoms with Gasteiger partial charge in [-0.1, -0.05) is 23.2 Å². The molecule has 2 heterocycles. The van der Waals surface area contributed by atoms with Gasteiger partial charge in [0, 0.05) is 6.54 Å². The summed E-state index contributed by atoms with van der Waals surface area (Å²) in [5.74, 6) is 0.745. The largest absolute Gasteiger partial charge is 0.461 e. The van der Waals surface area contributed by atoms with Crippen molar-refractivity contribution in [2.24, 2.45) is 0 Å². The third kappa shape index (κ3) is 3.54. The lowest BCUT2D eigenvalue weighted by molar-refractivity contribution is 0.225. The summed E-state index contributed by atoms with van der Waals surface area (Å²) in [5, 5.41) is 5.39. The molecule has 0 atom stereocenters. The molecule has 1 aliphatic heterocycles. The fourth-order valence-electron chi connectivity index (χ4n) is 2.56. The third-order valence-corrected chi connectivity index (χ3v) is 4.47. The lowest BCUT2D eigenvalue weighted by Crippen LogP contribution is -2.25. The number of ether oxygens (including phenoxy) is 1. The van der Waals surface area contributed by atoms with Gasteiger partial charge in [0.25, 0.3) is 0 Å². The highest BCUT2D eigenvalue weighted by molar-refractivity contribution is 6.42. The molecule has 3 rings (SSSR count). The van der Waals surface area contributed by atoms with Crippen LogP contribution >= 0.6 is 23.2 Å². The second-order valence-corrected chi connectivity index (χ2v) is 6.16. The minimum Gasteiger partial charge on any atom is -0.461 e. The maximum atomic E-state index is 6.05. The number of halogens is 2. The van der Waals surface area contributed by atoms with Crippen molar-refractivity contribution in [3.8, 4) is 11.7 Å². The number of aromatic nitrogens is 3. The molecular formula is C15H18Cl2N4O. The van der Waals surface area contributed by atoms with E-state index in [1.54, 1.807) is 16.8 Å². The molecule has 0 unspecified atom stereocenters. The molecule has 2 aromatic rings. The number of likely N-dealkylation sites (tertiary alicyclic amines) is 1. The van der Waals surface area contributed by atoms with Crippen molar-refractivity contribution >= 4 is 23.2 Å². The topological polar surface area (TPSA) is 43.2 Å². The van der Waals surface area contributed by atoms with Gasteiger partial charge in [0.1, 0.15) is 12.4 Å². The molecule has 7 heteroatoms. The first kappa shape index (κ1) is 15.6. The molecule has 1 aromatic carbocycles. The summed E-state index contributed by atoms with van der Waals surface area (Å²) in [6.07, 6.45) is 2.56. The Morgan fingerprint density at radius 3 is 2.68 bits per heavy atom. The molecule has 1 aromatic heterocycles. The Morgan fingerprint density at radius 2 is 1.95 bits per heavy atom. The van der Waals surface area contributed by atoms with E-state index < -0.39 is 0 Å². The van der Waals surface area contributed by atoms with Crippen molar-refractivity contribution in [3.63, 3.8) is 0 Å². The Bertz CT molecular complexity index is 653. The fourth-order valence-corrected chi connectivity index (χ4v) is 2.85. The van der Waals surface area contributed by atoms with Crippen LogP contribution < -0.4 is 4.74 Å². The number of rotatable bonds is 5. The van der Waals surface area contributed by atoms with E-state index in [0.717, 1.165) is 31.1 Å². The quantitative estimate of drug-likeness (QED) is 0.836. The second-order valence-electron chi connectivity index (χ2n) is 5.35. The van der Waals surface area contributed by atoms with E-state index in [2.05, 4.69) is 15.0 Å². The molecule has 118 valence electrons. The molecule has 0 N–H and O–H groups in total. The van der Waals surface area contributed by atoms with Gasteiger partial charge in [-0.15, -0.1) is 5.10 Å². The van der Waals surface area contributed by atoms with Crippen molar-refractivity contribution < 1.29 is 4.74 Å². The van der Waals surface area contributed by atoms with Gasteiger partial charge < -0.3 is 4.74 Å². The molecule has 0 radical (unpaired) electrons. The number of aryl methyl sites for hydroxylation is 1. The molecule has 1 fully saturated rings. The third-order valence-electron chi connectivity index (χ3n) is 3.73. The smallest absolute Gasteiger partial charge is 0.336 e. The van der Waals surface area contributed by atoms with Crippen molar-refractivity contribution in [2.45, 2.75) is 19.8 Å². The summed E-state index contributed by atoms with van der Waals surface area (Å²) in [6.45, 7) is 5.72. The lowest BCUT2D eigenvalue weighted by Gasteiger charge is -2.13. The highest BCUT2D eigenvalue weighted by Gasteiger charge is 2.13. The zero-order chi connectivity index (χ0) is 15.5. The first-order chi connectivity index (χ1) is 10.6. The second kappa shape index (κ2) is 6.86. The predicted octanol–water partition coefficient (Wildman–Crippen LogP) is 3.36. The number of nitrogens with zero attached hydrogens (tertiary/aromatic N) is 4. The van der Waals surface area contributed by atoms with Gasteiger partial charge in [-0.3, -0.25) is 4.90 Å². The average Bonchev–Trinajstić information content (AvgIpc) is 3.12. The summed E-state index contributed by atoms with van der Waals surface area (Å²) in [5.41, 5.74) is 0.814. The van der Waals surface area contributed by atoms with Gasteiger partial charge in [-0.2, -0.15) is 4.98 Å². The van der Waals surface area contributed by atoms with Gasteiger partial charge >= 0.3 is 6.01 Å². The molecule has 1 saturated heterocycles. The van der Waals surface area contributed by atoms with Gasteiger partial charge in [0.05, 0.1) is 15.7 Å². The molecular weight excluding hydrogens is 323 g/mol. The van der Waals surface area contributed by atoms with E-state index in [9.17, 15) is 0 Å². The van der Waals surface area contributed by atoms with E-state index in [4.69, 9.17) is 27.9 Å². The van der Waals surface area contributed by atoms with Crippen LogP contribution in [0.1, 0.15) is 18.7 Å². The Balaban J connectivity index is 1.66. The van der Waals surface area contributed by atoms with E-state index in [0.29, 0.717) is 22.7 Å². The Labute approximate surface area is 139 Å². The monoisotopic (exact) mass is 340 g/mol. The molecule has 5 nitrogen and oxygen atoms in total. The highest BCUT2D eigenvalue weighted by atomic mass is 35.5. The van der Waals surface area contributed by atoms with E-state index in [-0.39, 0.29) is 0 Å². The van der Waals surface area contributed by atoms with E-state index in [1.165, 1.54) is 12.8 Å². The molecule has 0 aliphatic carbocycles. The van der Waals surface area contributed by atoms with Crippen LogP contribution in [0.3, 0.4) is 0 Å². The van der Waals surface area contributed by atoms with Gasteiger partial charge in [0.2, 0.25) is 0 Å². The van der Waals surface area contributed by atoms with Gasteiger partial charge in [0.15, 0.2) is 0 Å². The maximum Gasteiger partial charge on any atom is 0.336 e. The van der Waals surface area contributed by atoms with E-state index in [1.807, 2.05) is 13.0 Å². The lowest BCUT2D eigenvalue weighted by atomic mass is 10.3. The summed E-state index contributed by atoms with van der Waals surface area (Å²) < 4.78 is 7.36. The van der Waals surface area contributed by atoms with Crippen LogP contribution in [-0.4, -0.2) is 45.9 Å². The Kier molecular flexibility index (Phi) is 4.86. The minimum atomic E-state index is 0.391. The standard InChI is InChI=1S/C15H18Cl2N4O/c1-11-18-15(22-9-8-20-6-2-3-7-20)19-21(11)12-4-5-13(16)14(17)10-12/h4-5,10H,2-3,6-9H2,1H3. The number of hydrogen-bond acceptors (Lipinski definition) is 4. The normalized spacial score (nSPS) is 15.4. The zero-order valence-corrected chi connectivity index (χ0v) is 13.9. The van der Waals surface area contributed by atoms with Crippen LogP contribution in [0.4, 0.5) is 0 Å². The highest BCUT2D eigenvalue weighted by Crippen LogP contribution is 2.25. The Hall–Kier alpha value is -1.30. The predicted molar refractivity (Wildman–Crippen MR) is 87.3 cm³/mol. The zero-order valence-electron chi connectivity index (χ0n) is 12.4. The molecule has 0 spiro atoms. The first-order valence-electron chi connectivity index (χ1n) is 7.38. The van der Waals surface area contributed by atoms with Crippen molar-refractivity contribution in [1.29, 1.82) is 0 Å². The summed E-state index contributed by atoms with van der Waals surface area (Å²) in [6, 6.07) is 5.75. The average molecular weight is 341 g/mol. The van der Waals surface area contributed by atoms with Gasteiger partial charge in [-0.25, -0.2) is 4.68 Å². The fraction of sp³-hybridized carbons (Fsp3) is 0.467. The number of hydrogen-bond donors (Lipinski definition) is 0. The molecule has 0 amide bonds. The summed E-state index contributed by atoms with van der Waals surface area (Å²) in [4.78, 5) is 6.73. The van der Waals surface area contributed by atoms with Crippen molar-refractivity contribution in [1.82, 2.24) is 19.7 Å². The number of benzene rings is 1. The van der Waals surface area contributed by atoms with Crippen LogP contribution in [-0.2, 0) is 0 Å². The van der Waals surface area contributed by atoms with Crippen LogP contribution in [0.5, 0.6) is 6.01 Å². The first-order valence-corrected chi connectivity index (χ1v) is 8.13. The molecule has 0 saturated carbocycles. The summed E-state index contributed by atoms with van der Waals surface area (Å²) >= 11 is 12.0. The Morgan fingerprint density at radius 1 is 1.18 bits per heavy atom. The van der Waals surface area contributed by atoms with Crippen molar-refractivity contribution in [3.05, 3.63) is 34.1 Å². The van der Waals surface area contributed by atoms with Crippen LogP contribution in [0, 0.1) is 6.92 Å². The minimum absolute atomic E-state index is 0.391. The molecule has 1 aliphatic rings. The van der Waals surface area contributed by atoms with Crippen LogP contribution in [0.25, 0.3) is 5.69 Å². The molecule has 0 bridgehead atoms. The van der Waals surface area contributed by atoms with Crippen LogP contribution in [0.15, 0.2) is 18.2 Å². The molecule has 22 heavy (non-hydrogen) atoms. The van der Waals surface area contributed by atoms with E-state index >= 15 is 0 Å². The maximum absolute atomic E-state index is 6.05.